The number of ketones is 4. The second kappa shape index (κ2) is 31.8. The van der Waals surface area contributed by atoms with Crippen LogP contribution in [0.1, 0.15) is 170 Å². The molecule has 5 aliphatic carbocycles. The third-order valence-corrected chi connectivity index (χ3v) is 23.1. The Balaban J connectivity index is 0.000000119. The van der Waals surface area contributed by atoms with E-state index in [4.69, 9.17) is 18.9 Å². The van der Waals surface area contributed by atoms with Gasteiger partial charge in [-0.15, -0.1) is 0 Å². The van der Waals surface area contributed by atoms with Gasteiger partial charge in [0.15, 0.2) is 11.6 Å². The zero-order valence-corrected chi connectivity index (χ0v) is 59.0. The molecule has 0 unspecified atom stereocenters. The molecular formula is C71H76BrN5O14S5. The van der Waals surface area contributed by atoms with Crippen LogP contribution in [0, 0.1) is 0 Å². The number of thiazole rings is 5. The number of Topliss-reactive ketones (excluding diaryl/α,β-unsaturated/α-hetero) is 4. The summed E-state index contributed by atoms with van der Waals surface area (Å²) in [5, 5.41) is 10.6. The number of ether oxygens (including phenoxy) is 4. The molecule has 96 heavy (non-hydrogen) atoms. The maximum atomic E-state index is 11.4. The van der Waals surface area contributed by atoms with Gasteiger partial charge in [-0.25, -0.2) is 0 Å². The molecule has 19 nitrogen and oxygen atoms in total. The number of aromatic nitrogens is 5. The van der Waals surface area contributed by atoms with Crippen LogP contribution in [-0.2, 0) is 43.7 Å². The monoisotopic (exact) mass is 1460 g/mol. The van der Waals surface area contributed by atoms with Crippen LogP contribution in [0.15, 0.2) is 126 Å². The van der Waals surface area contributed by atoms with Gasteiger partial charge in [0.05, 0.1) is 69.9 Å². The number of nitrogens with one attached hydrogen (secondary N) is 5. The number of allylic oxidation sites excluding steroid dienone is 2. The molecule has 0 atom stereocenters. The van der Waals surface area contributed by atoms with Gasteiger partial charge in [-0.2, -0.15) is 0 Å². The van der Waals surface area contributed by atoms with E-state index in [1.807, 2.05) is 86.7 Å². The summed E-state index contributed by atoms with van der Waals surface area (Å²) in [6, 6.07) is 29.7. The lowest BCUT2D eigenvalue weighted by Crippen LogP contribution is -2.39. The second-order valence-electron chi connectivity index (χ2n) is 24.7. The van der Waals surface area contributed by atoms with Crippen LogP contribution in [0.3, 0.4) is 0 Å². The third kappa shape index (κ3) is 18.1. The minimum absolute atomic E-state index is 0.00176. The summed E-state index contributed by atoms with van der Waals surface area (Å²) < 4.78 is 28.6. The molecule has 0 radical (unpaired) electrons. The third-order valence-electron chi connectivity index (χ3n) is 18.3. The predicted molar refractivity (Wildman–Crippen MR) is 386 cm³/mol. The maximum absolute atomic E-state index is 11.4. The first-order chi connectivity index (χ1) is 46.2. The van der Waals surface area contributed by atoms with Crippen LogP contribution >= 0.6 is 72.6 Å². The molecule has 1 spiro atoms. The quantitative estimate of drug-likeness (QED) is 0.0772. The molecule has 4 saturated carbocycles. The standard InChI is InChI=1S/C17H23NO3S.C13H13NO3S.C13H13NO2S.C13H11NO2S.C8H12O3.C7H4BrNOS/c1-3-20-17(21-4-2)9-7-12(8-10-17)13-5-6-14-15(11-13)22-16(19)18-14;15-9-3-5-13(17,6-4-9)8-1-2-10-11(7-8)18-12(16)14-10;2*15-10-4-1-8(2-5-10)9-3-6-11-12(7-9)17-13(16)14-11;9-7-1-3-8(4-2-7)10-5-6-11-8;8-4-1-2-5-6(3-4)11-7(10)9-5/h5-6,11-12H,3-4,7-10H2,1-2H3,(H,18,19);1-2,7,17H,3-6H2,(H,14,16);3,6-8H,1-2,4-5H2,(H,14,16);1,3,6-7H,2,4-5H2,(H,14,16);1-6H2;1-3H,(H,9,10). The first kappa shape index (κ1) is 70.6. The Morgan fingerprint density at radius 1 is 0.458 bits per heavy atom. The number of fused-ring (bicyclic) bond motifs is 5. The molecule has 25 heteroatoms. The Labute approximate surface area is 579 Å². The minimum atomic E-state index is -0.921. The number of H-pyrrole nitrogens is 5. The summed E-state index contributed by atoms with van der Waals surface area (Å²) >= 11 is 9.46. The molecule has 5 fully saturated rings. The number of halogens is 1. The van der Waals surface area contributed by atoms with Gasteiger partial charge >= 0.3 is 24.4 Å². The summed E-state index contributed by atoms with van der Waals surface area (Å²) in [5.41, 5.74) is 9.25. The number of benzene rings is 5. The van der Waals surface area contributed by atoms with E-state index < -0.39 is 5.60 Å². The van der Waals surface area contributed by atoms with E-state index >= 15 is 0 Å². The summed E-state index contributed by atoms with van der Waals surface area (Å²) in [6.45, 7) is 6.80. The van der Waals surface area contributed by atoms with Gasteiger partial charge in [0.2, 0.25) is 0 Å². The Hall–Kier alpha value is -6.75. The van der Waals surface area contributed by atoms with Crippen molar-refractivity contribution in [3.8, 4) is 0 Å². The van der Waals surface area contributed by atoms with Crippen molar-refractivity contribution in [2.45, 2.75) is 165 Å². The van der Waals surface area contributed by atoms with Crippen molar-refractivity contribution >= 4 is 152 Å². The molecule has 6 N–H and O–H groups in total. The van der Waals surface area contributed by atoms with Crippen molar-refractivity contribution in [1.29, 1.82) is 0 Å². The predicted octanol–water partition coefficient (Wildman–Crippen LogP) is 14.7. The first-order valence-corrected chi connectivity index (χ1v) is 37.5. The number of hydrogen-bond acceptors (Lipinski definition) is 19. The normalized spacial score (nSPS) is 18.6. The van der Waals surface area contributed by atoms with Gasteiger partial charge in [0, 0.05) is 94.7 Å². The summed E-state index contributed by atoms with van der Waals surface area (Å²) in [4.78, 5) is 114. The second-order valence-corrected chi connectivity index (χ2v) is 30.7. The Morgan fingerprint density at radius 2 is 0.875 bits per heavy atom. The molecular weight excluding hydrogens is 1390 g/mol. The van der Waals surface area contributed by atoms with E-state index in [9.17, 15) is 48.3 Å². The lowest BCUT2D eigenvalue weighted by Gasteiger charge is -2.39. The fourth-order valence-electron chi connectivity index (χ4n) is 13.2. The molecule has 1 saturated heterocycles. The van der Waals surface area contributed by atoms with Crippen molar-refractivity contribution in [2.75, 3.05) is 26.4 Å². The van der Waals surface area contributed by atoms with Crippen molar-refractivity contribution in [3.63, 3.8) is 0 Å². The Kier molecular flexibility index (Phi) is 23.4. The highest BCUT2D eigenvalue weighted by atomic mass is 79.9. The molecule has 0 bridgehead atoms. The summed E-state index contributed by atoms with van der Waals surface area (Å²) in [6.07, 6.45) is 15.8. The van der Waals surface area contributed by atoms with Crippen LogP contribution in [0.25, 0.3) is 56.7 Å². The van der Waals surface area contributed by atoms with Gasteiger partial charge in [0.25, 0.3) is 0 Å². The van der Waals surface area contributed by atoms with Crippen molar-refractivity contribution < 1.29 is 43.2 Å². The van der Waals surface area contributed by atoms with E-state index in [0.717, 1.165) is 136 Å². The highest BCUT2D eigenvalue weighted by Crippen LogP contribution is 2.42. The number of carbonyl (C=O) groups excluding carboxylic acids is 4. The minimum Gasteiger partial charge on any atom is -0.385 e. The zero-order chi connectivity index (χ0) is 67.6. The highest BCUT2D eigenvalue weighted by molar-refractivity contribution is 9.10. The van der Waals surface area contributed by atoms with E-state index in [1.54, 1.807) is 0 Å². The van der Waals surface area contributed by atoms with Crippen LogP contribution in [0.5, 0.6) is 0 Å². The molecule has 5 aromatic heterocycles. The average Bonchev–Trinajstić information content (AvgIpc) is 1.40. The smallest absolute Gasteiger partial charge is 0.305 e. The molecule has 5 aromatic carbocycles. The van der Waals surface area contributed by atoms with Gasteiger partial charge in [-0.05, 0) is 165 Å². The van der Waals surface area contributed by atoms with Crippen LogP contribution < -0.4 is 24.4 Å². The molecule has 16 rings (SSSR count). The molecule has 6 heterocycles. The Bertz CT molecular complexity index is 4730. The van der Waals surface area contributed by atoms with Gasteiger partial charge < -0.3 is 49.0 Å². The molecule has 6 aliphatic rings. The highest BCUT2D eigenvalue weighted by Gasteiger charge is 2.40. The lowest BCUT2D eigenvalue weighted by atomic mass is 9.79. The number of aromatic amines is 5. The number of aliphatic hydroxyl groups is 1. The largest absolute Gasteiger partial charge is 0.385 e. The SMILES string of the molecule is CCOC1(OCC)CCC(c2ccc3[nH]c(=O)sc3c2)CC1.O=C1CC=C(c2ccc3[nH]c(=O)sc3c2)CC1.O=C1CCC(O)(c2ccc3[nH]c(=O)sc3c2)CC1.O=C1CCC(c2ccc3[nH]c(=O)sc3c2)CC1.O=C1CCC2(CC1)OCCO2.O=c1[nH]c2ccc(Br)cc2s1. The van der Waals surface area contributed by atoms with E-state index in [1.165, 1.54) is 62.0 Å². The van der Waals surface area contributed by atoms with Crippen LogP contribution in [-0.4, -0.2) is 91.2 Å². The molecule has 1 aliphatic heterocycles. The van der Waals surface area contributed by atoms with E-state index in [0.29, 0.717) is 120 Å². The summed E-state index contributed by atoms with van der Waals surface area (Å²) in [7, 11) is 0. The molecule has 0 amide bonds. The number of carbonyl (C=O) groups is 4. The molecule has 10 aromatic rings. The van der Waals surface area contributed by atoms with Crippen LogP contribution in [0.4, 0.5) is 0 Å². The van der Waals surface area contributed by atoms with Gasteiger partial charge in [0.1, 0.15) is 23.1 Å². The zero-order valence-electron chi connectivity index (χ0n) is 53.3. The fourth-order valence-corrected chi connectivity index (χ4v) is 17.6. The van der Waals surface area contributed by atoms with Crippen LogP contribution in [0.2, 0.25) is 0 Å². The number of hydrogen-bond donors (Lipinski definition) is 6. The first-order valence-electron chi connectivity index (χ1n) is 32.6. The summed E-state index contributed by atoms with van der Waals surface area (Å²) in [5.74, 6) is 1.50. The Morgan fingerprint density at radius 3 is 1.35 bits per heavy atom. The van der Waals surface area contributed by atoms with E-state index in [2.05, 4.69) is 65.1 Å². The average molecular weight is 1460 g/mol. The fraction of sp³-hybridized carbons (Fsp3) is 0.423. The van der Waals surface area contributed by atoms with Crippen molar-refractivity contribution in [1.82, 2.24) is 24.9 Å². The van der Waals surface area contributed by atoms with Crippen molar-refractivity contribution in [3.05, 3.63) is 172 Å². The molecule has 506 valence electrons. The van der Waals surface area contributed by atoms with Crippen molar-refractivity contribution in [2.24, 2.45) is 0 Å². The van der Waals surface area contributed by atoms with Gasteiger partial charge in [-0.3, -0.25) is 43.2 Å². The van der Waals surface area contributed by atoms with Gasteiger partial charge in [-0.1, -0.05) is 103 Å². The lowest BCUT2D eigenvalue weighted by molar-refractivity contribution is -0.249. The topological polar surface area (TPSA) is 290 Å². The number of rotatable bonds is 8. The maximum Gasteiger partial charge on any atom is 0.305 e. The van der Waals surface area contributed by atoms with E-state index in [-0.39, 0.29) is 41.7 Å².